The van der Waals surface area contributed by atoms with E-state index in [1.165, 1.54) is 12.4 Å². The molecule has 2 unspecified atom stereocenters. The zero-order valence-electron chi connectivity index (χ0n) is 26.4. The van der Waals surface area contributed by atoms with Gasteiger partial charge in [-0.3, -0.25) is 4.79 Å². The molecule has 4 heterocycles. The van der Waals surface area contributed by atoms with Crippen molar-refractivity contribution in [3.63, 3.8) is 0 Å². The van der Waals surface area contributed by atoms with E-state index >= 15 is 0 Å². The molecule has 0 radical (unpaired) electrons. The molecule has 1 aromatic carbocycles. The fourth-order valence-corrected chi connectivity index (χ4v) is 5.64. The maximum absolute atomic E-state index is 14.8. The van der Waals surface area contributed by atoms with Gasteiger partial charge in [0.2, 0.25) is 11.8 Å². The number of aromatic nitrogens is 4. The third-order valence-corrected chi connectivity index (χ3v) is 8.04. The van der Waals surface area contributed by atoms with Crippen LogP contribution in [0.25, 0.3) is 0 Å². The summed E-state index contributed by atoms with van der Waals surface area (Å²) in [6, 6.07) is 0.289. The molecule has 2 aliphatic heterocycles. The summed E-state index contributed by atoms with van der Waals surface area (Å²) in [6.45, 7) is 6.67. The van der Waals surface area contributed by atoms with Gasteiger partial charge in [-0.25, -0.2) is 27.9 Å². The molecular formula is C30H35F5N8O4. The number of nitrogens with zero attached hydrogens (tertiary/aromatic N) is 7. The molecule has 47 heavy (non-hydrogen) atoms. The molecule has 2 amide bonds. The summed E-state index contributed by atoms with van der Waals surface area (Å²) in [6.07, 6.45) is 2.97. The Balaban J connectivity index is 1.25. The fraction of sp³-hybridized carbons (Fsp3) is 0.533. The van der Waals surface area contributed by atoms with Crippen LogP contribution in [0, 0.1) is 17.5 Å². The zero-order chi connectivity index (χ0) is 34.3. The van der Waals surface area contributed by atoms with Crippen molar-refractivity contribution in [3.05, 3.63) is 58.9 Å². The van der Waals surface area contributed by atoms with Gasteiger partial charge in [-0.05, 0) is 45.2 Å². The van der Waals surface area contributed by atoms with Gasteiger partial charge in [0.25, 0.3) is 5.91 Å². The van der Waals surface area contributed by atoms with Gasteiger partial charge in [-0.2, -0.15) is 13.8 Å². The van der Waals surface area contributed by atoms with Gasteiger partial charge >= 0.3 is 18.0 Å². The lowest BCUT2D eigenvalue weighted by molar-refractivity contribution is 0.00557. The highest BCUT2D eigenvalue weighted by atomic mass is 19.3. The van der Waals surface area contributed by atoms with Crippen molar-refractivity contribution in [2.75, 3.05) is 43.0 Å². The Morgan fingerprint density at radius 2 is 1.62 bits per heavy atom. The Bertz CT molecular complexity index is 1600. The van der Waals surface area contributed by atoms with Crippen LogP contribution in [0.5, 0.6) is 0 Å². The van der Waals surface area contributed by atoms with Crippen molar-refractivity contribution in [1.82, 2.24) is 30.3 Å². The maximum atomic E-state index is 14.8. The van der Waals surface area contributed by atoms with Gasteiger partial charge in [0.1, 0.15) is 11.4 Å². The number of anilines is 2. The number of piperidine rings is 1. The molecule has 2 saturated heterocycles. The van der Waals surface area contributed by atoms with Crippen LogP contribution >= 0.6 is 0 Å². The molecular weight excluding hydrogens is 631 g/mol. The molecule has 2 atom stereocenters. The predicted octanol–water partition coefficient (Wildman–Crippen LogP) is 4.63. The van der Waals surface area contributed by atoms with Gasteiger partial charge < -0.3 is 29.3 Å². The van der Waals surface area contributed by atoms with Gasteiger partial charge in [0.05, 0.1) is 11.6 Å². The van der Waals surface area contributed by atoms with Crippen LogP contribution in [-0.4, -0.2) is 87.9 Å². The standard InChI is InChI=1S/C30H35F5N8O4/c1-29(2,3)46-28(45)38-23-15-43(14-19(23)18-10-21(32)22(33)11-20(18)31)26-36-12-16(13-37-26)24(44)41(5)17-6-8-42(9-7-17)27-39-25(40-47-27)30(4,34)35/h10-13,17,19,23H,6-9,14-15H2,1-5H3,(H,38,45). The minimum atomic E-state index is -3.22. The van der Waals surface area contributed by atoms with E-state index in [-0.39, 0.29) is 48.1 Å². The number of ether oxygens (including phenoxy) is 1. The number of hydrogen-bond acceptors (Lipinski definition) is 10. The molecule has 0 spiro atoms. The number of amides is 2. The molecule has 12 nitrogen and oxygen atoms in total. The Hall–Kier alpha value is -4.57. The first-order valence-electron chi connectivity index (χ1n) is 14.9. The Morgan fingerprint density at radius 3 is 2.21 bits per heavy atom. The van der Waals surface area contributed by atoms with E-state index in [0.29, 0.717) is 38.9 Å². The largest absolute Gasteiger partial charge is 0.444 e. The van der Waals surface area contributed by atoms with E-state index < -0.39 is 52.9 Å². The van der Waals surface area contributed by atoms with Crippen molar-refractivity contribution in [2.45, 2.75) is 70.1 Å². The fourth-order valence-electron chi connectivity index (χ4n) is 5.64. The highest BCUT2D eigenvalue weighted by Gasteiger charge is 2.39. The second-order valence-corrected chi connectivity index (χ2v) is 12.7. The van der Waals surface area contributed by atoms with Crippen molar-refractivity contribution in [1.29, 1.82) is 0 Å². The van der Waals surface area contributed by atoms with E-state index in [9.17, 15) is 31.5 Å². The first kappa shape index (κ1) is 33.8. The molecule has 3 aromatic rings. The second-order valence-electron chi connectivity index (χ2n) is 12.7. The molecule has 0 bridgehead atoms. The minimum absolute atomic E-state index is 0.00192. The normalized spacial score (nSPS) is 19.2. The summed E-state index contributed by atoms with van der Waals surface area (Å²) >= 11 is 0. The van der Waals surface area contributed by atoms with E-state index in [4.69, 9.17) is 9.26 Å². The van der Waals surface area contributed by atoms with E-state index in [1.54, 1.807) is 42.5 Å². The van der Waals surface area contributed by atoms with Crippen LogP contribution in [0.15, 0.2) is 29.0 Å². The zero-order valence-corrected chi connectivity index (χ0v) is 26.4. The number of carbonyl (C=O) groups is 2. The molecule has 2 aromatic heterocycles. The van der Waals surface area contributed by atoms with Crippen LogP contribution in [-0.2, 0) is 10.7 Å². The number of alkyl carbamates (subject to hydrolysis) is 1. The maximum Gasteiger partial charge on any atom is 0.407 e. The number of hydrogen-bond donors (Lipinski definition) is 1. The van der Waals surface area contributed by atoms with Gasteiger partial charge in [-0.1, -0.05) is 5.16 Å². The Kier molecular flexibility index (Phi) is 9.28. The summed E-state index contributed by atoms with van der Waals surface area (Å²) in [5.74, 6) is -8.41. The Labute approximate surface area is 267 Å². The third kappa shape index (κ3) is 7.71. The lowest BCUT2D eigenvalue weighted by Crippen LogP contribution is -2.45. The lowest BCUT2D eigenvalue weighted by Gasteiger charge is -2.35. The number of rotatable bonds is 7. The van der Waals surface area contributed by atoms with Crippen LogP contribution < -0.4 is 15.1 Å². The number of nitrogens with one attached hydrogen (secondary N) is 1. The van der Waals surface area contributed by atoms with Gasteiger partial charge in [0, 0.05) is 70.6 Å². The number of carbonyl (C=O) groups excluding carboxylic acids is 2. The van der Waals surface area contributed by atoms with Crippen molar-refractivity contribution in [3.8, 4) is 0 Å². The number of halogens is 5. The first-order chi connectivity index (χ1) is 22.0. The summed E-state index contributed by atoms with van der Waals surface area (Å²) in [7, 11) is 1.65. The smallest absolute Gasteiger partial charge is 0.407 e. The molecule has 5 rings (SSSR count). The highest BCUT2D eigenvalue weighted by molar-refractivity contribution is 5.93. The van der Waals surface area contributed by atoms with Crippen LogP contribution in [0.2, 0.25) is 0 Å². The molecule has 17 heteroatoms. The second kappa shape index (κ2) is 12.9. The average molecular weight is 667 g/mol. The molecule has 0 aliphatic carbocycles. The summed E-state index contributed by atoms with van der Waals surface area (Å²) in [5, 5.41) is 6.05. The quantitative estimate of drug-likeness (QED) is 0.282. The van der Waals surface area contributed by atoms with Crippen molar-refractivity contribution < 1.29 is 40.8 Å². The van der Waals surface area contributed by atoms with Crippen molar-refractivity contribution >= 4 is 24.0 Å². The van der Waals surface area contributed by atoms with Crippen LogP contribution in [0.4, 0.5) is 38.7 Å². The highest BCUT2D eigenvalue weighted by Crippen LogP contribution is 2.33. The molecule has 2 aliphatic rings. The number of alkyl halides is 2. The average Bonchev–Trinajstić information content (AvgIpc) is 3.66. The predicted molar refractivity (Wildman–Crippen MR) is 158 cm³/mol. The minimum Gasteiger partial charge on any atom is -0.444 e. The van der Waals surface area contributed by atoms with E-state index in [0.717, 1.165) is 6.07 Å². The molecule has 254 valence electrons. The van der Waals surface area contributed by atoms with Gasteiger partial charge in [-0.15, -0.1) is 0 Å². The molecule has 0 saturated carbocycles. The SMILES string of the molecule is CN(C(=O)c1cnc(N2CC(NC(=O)OC(C)(C)C)C(c3cc(F)c(F)cc3F)C2)nc1)C1CCN(c2nc(C(C)(F)F)no2)CC1. The van der Waals surface area contributed by atoms with Crippen LogP contribution in [0.3, 0.4) is 0 Å². The van der Waals surface area contributed by atoms with E-state index in [1.807, 2.05) is 0 Å². The van der Waals surface area contributed by atoms with Crippen LogP contribution in [0.1, 0.15) is 68.2 Å². The van der Waals surface area contributed by atoms with Gasteiger partial charge in [0.15, 0.2) is 11.6 Å². The summed E-state index contributed by atoms with van der Waals surface area (Å²) in [5.41, 5.74) is -0.736. The summed E-state index contributed by atoms with van der Waals surface area (Å²) < 4.78 is 80.0. The van der Waals surface area contributed by atoms with Crippen molar-refractivity contribution in [2.24, 2.45) is 0 Å². The molecule has 2 fully saturated rings. The topological polar surface area (TPSA) is 130 Å². The third-order valence-electron chi connectivity index (χ3n) is 8.04. The summed E-state index contributed by atoms with van der Waals surface area (Å²) in [4.78, 5) is 43.2. The lowest BCUT2D eigenvalue weighted by atomic mass is 9.93. The molecule has 1 N–H and O–H groups in total. The monoisotopic (exact) mass is 666 g/mol. The number of benzene rings is 1. The Morgan fingerprint density at radius 1 is 0.979 bits per heavy atom. The van der Waals surface area contributed by atoms with E-state index in [2.05, 4.69) is 25.4 Å². The first-order valence-corrected chi connectivity index (χ1v) is 14.9.